The van der Waals surface area contributed by atoms with Gasteiger partial charge in [-0.05, 0) is 39.8 Å². The van der Waals surface area contributed by atoms with E-state index in [2.05, 4.69) is 41.6 Å². The van der Waals surface area contributed by atoms with Gasteiger partial charge in [0.2, 0.25) is 0 Å². The molecule has 0 atom stereocenters. The second-order valence-corrected chi connectivity index (χ2v) is 4.62. The van der Waals surface area contributed by atoms with E-state index in [1.165, 1.54) is 38.8 Å². The van der Waals surface area contributed by atoms with E-state index in [4.69, 9.17) is 0 Å². The van der Waals surface area contributed by atoms with E-state index in [-0.39, 0.29) is 0 Å². The quantitative estimate of drug-likeness (QED) is 0.469. The summed E-state index contributed by atoms with van der Waals surface area (Å²) in [6.07, 6.45) is 5.45. The van der Waals surface area contributed by atoms with Gasteiger partial charge < -0.3 is 4.90 Å². The van der Waals surface area contributed by atoms with Gasteiger partial charge in [-0.1, -0.05) is 35.7 Å². The predicted octanol–water partition coefficient (Wildman–Crippen LogP) is 3.67. The molecule has 0 rings (SSSR count). The second-order valence-electron chi connectivity index (χ2n) is 3.83. The van der Waals surface area contributed by atoms with Gasteiger partial charge in [0.25, 0.3) is 0 Å². The first-order chi connectivity index (χ1) is 6.22. The Morgan fingerprint density at radius 3 is 2.15 bits per heavy atom. The van der Waals surface area contributed by atoms with Crippen molar-refractivity contribution in [2.24, 2.45) is 0 Å². The van der Waals surface area contributed by atoms with E-state index >= 15 is 0 Å². The van der Waals surface area contributed by atoms with Gasteiger partial charge in [-0.15, -0.1) is 0 Å². The number of alkyl halides is 1. The summed E-state index contributed by atoms with van der Waals surface area (Å²) in [4.78, 5) is 2.54. The molecule has 0 aliphatic rings. The molecule has 80 valence electrons. The largest absolute Gasteiger partial charge is 0.301 e. The Bertz CT molecular complexity index is 104. The zero-order valence-corrected chi connectivity index (χ0v) is 10.9. The van der Waals surface area contributed by atoms with Crippen molar-refractivity contribution >= 4 is 15.9 Å². The van der Waals surface area contributed by atoms with Crippen LogP contribution >= 0.6 is 15.9 Å². The number of nitrogens with zero attached hydrogens (tertiary/aromatic N) is 1. The average molecular weight is 250 g/mol. The van der Waals surface area contributed by atoms with Crippen molar-refractivity contribution in [3.05, 3.63) is 0 Å². The van der Waals surface area contributed by atoms with E-state index < -0.39 is 0 Å². The van der Waals surface area contributed by atoms with Gasteiger partial charge in [0.15, 0.2) is 0 Å². The van der Waals surface area contributed by atoms with Crippen LogP contribution in [-0.4, -0.2) is 29.4 Å². The third-order valence-electron chi connectivity index (χ3n) is 2.47. The van der Waals surface area contributed by atoms with Crippen molar-refractivity contribution in [1.29, 1.82) is 0 Å². The number of unbranched alkanes of at least 4 members (excludes halogenated alkanes) is 3. The van der Waals surface area contributed by atoms with Gasteiger partial charge >= 0.3 is 0 Å². The highest BCUT2D eigenvalue weighted by atomic mass is 79.9. The van der Waals surface area contributed by atoms with Crippen LogP contribution in [0.3, 0.4) is 0 Å². The lowest BCUT2D eigenvalue weighted by molar-refractivity contribution is 0.228. The minimum absolute atomic E-state index is 0.709. The third-order valence-corrected chi connectivity index (χ3v) is 3.03. The van der Waals surface area contributed by atoms with Crippen LogP contribution in [-0.2, 0) is 0 Å². The standard InChI is InChI=1S/C11H24BrN/c1-4-13(11(2)3)10-8-6-5-7-9-12/h11H,4-10H2,1-3H3. The molecule has 0 spiro atoms. The van der Waals surface area contributed by atoms with Crippen LogP contribution in [0.5, 0.6) is 0 Å². The van der Waals surface area contributed by atoms with Gasteiger partial charge in [0, 0.05) is 11.4 Å². The molecule has 0 aliphatic carbocycles. The minimum atomic E-state index is 0.709. The SMILES string of the molecule is CCN(CCCCCCBr)C(C)C. The molecule has 0 aromatic heterocycles. The first-order valence-corrected chi connectivity index (χ1v) is 6.64. The van der Waals surface area contributed by atoms with Crippen LogP contribution in [0.2, 0.25) is 0 Å². The fourth-order valence-corrected chi connectivity index (χ4v) is 1.94. The van der Waals surface area contributed by atoms with Crippen LogP contribution in [0.4, 0.5) is 0 Å². The first-order valence-electron chi connectivity index (χ1n) is 5.52. The fourth-order valence-electron chi connectivity index (χ4n) is 1.54. The van der Waals surface area contributed by atoms with Crippen molar-refractivity contribution in [1.82, 2.24) is 4.90 Å². The highest BCUT2D eigenvalue weighted by Crippen LogP contribution is 2.05. The Balaban J connectivity index is 3.28. The van der Waals surface area contributed by atoms with E-state index in [0.29, 0.717) is 6.04 Å². The van der Waals surface area contributed by atoms with Crippen molar-refractivity contribution in [3.63, 3.8) is 0 Å². The Labute approximate surface area is 92.0 Å². The maximum absolute atomic E-state index is 3.46. The van der Waals surface area contributed by atoms with Gasteiger partial charge in [0.1, 0.15) is 0 Å². The summed E-state index contributed by atoms with van der Waals surface area (Å²) >= 11 is 3.46. The molecule has 0 aliphatic heterocycles. The second kappa shape index (κ2) is 9.01. The predicted molar refractivity (Wildman–Crippen MR) is 64.6 cm³/mol. The molecule has 0 aromatic rings. The summed E-state index contributed by atoms with van der Waals surface area (Å²) in [5.41, 5.74) is 0. The molecule has 0 N–H and O–H groups in total. The summed E-state index contributed by atoms with van der Waals surface area (Å²) in [5.74, 6) is 0. The molecule has 2 heteroatoms. The third kappa shape index (κ3) is 7.51. The van der Waals surface area contributed by atoms with Gasteiger partial charge in [-0.25, -0.2) is 0 Å². The van der Waals surface area contributed by atoms with Crippen LogP contribution in [0.1, 0.15) is 46.5 Å². The van der Waals surface area contributed by atoms with Gasteiger partial charge in [-0.2, -0.15) is 0 Å². The average Bonchev–Trinajstić information content (AvgIpc) is 2.10. The van der Waals surface area contributed by atoms with Crippen molar-refractivity contribution in [2.75, 3.05) is 18.4 Å². The monoisotopic (exact) mass is 249 g/mol. The van der Waals surface area contributed by atoms with E-state index in [1.807, 2.05) is 0 Å². The molecule has 13 heavy (non-hydrogen) atoms. The highest BCUT2D eigenvalue weighted by Gasteiger charge is 2.04. The molecule has 0 saturated carbocycles. The molecule has 0 heterocycles. The molecular formula is C11H24BrN. The Hall–Kier alpha value is 0.440. The molecule has 0 amide bonds. The topological polar surface area (TPSA) is 3.24 Å². The minimum Gasteiger partial charge on any atom is -0.301 e. The smallest absolute Gasteiger partial charge is 0.00384 e. The lowest BCUT2D eigenvalue weighted by Gasteiger charge is -2.24. The summed E-state index contributed by atoms with van der Waals surface area (Å²) in [7, 11) is 0. The van der Waals surface area contributed by atoms with E-state index in [9.17, 15) is 0 Å². The molecule has 0 unspecified atom stereocenters. The molecule has 0 bridgehead atoms. The molecule has 0 aromatic carbocycles. The Morgan fingerprint density at radius 2 is 1.69 bits per heavy atom. The van der Waals surface area contributed by atoms with Gasteiger partial charge in [-0.3, -0.25) is 0 Å². The van der Waals surface area contributed by atoms with Crippen LogP contribution in [0, 0.1) is 0 Å². The summed E-state index contributed by atoms with van der Waals surface area (Å²) in [5, 5.41) is 1.16. The zero-order chi connectivity index (χ0) is 10.1. The Morgan fingerprint density at radius 1 is 1.08 bits per heavy atom. The number of hydrogen-bond acceptors (Lipinski definition) is 1. The zero-order valence-electron chi connectivity index (χ0n) is 9.35. The fraction of sp³-hybridized carbons (Fsp3) is 1.00. The summed E-state index contributed by atoms with van der Waals surface area (Å²) < 4.78 is 0. The van der Waals surface area contributed by atoms with Crippen molar-refractivity contribution in [3.8, 4) is 0 Å². The van der Waals surface area contributed by atoms with Gasteiger partial charge in [0.05, 0.1) is 0 Å². The molecule has 1 nitrogen and oxygen atoms in total. The molecular weight excluding hydrogens is 226 g/mol. The molecule has 0 radical (unpaired) electrons. The van der Waals surface area contributed by atoms with E-state index in [1.54, 1.807) is 0 Å². The number of rotatable bonds is 8. The normalized spacial score (nSPS) is 11.5. The van der Waals surface area contributed by atoms with Crippen LogP contribution < -0.4 is 0 Å². The summed E-state index contributed by atoms with van der Waals surface area (Å²) in [6, 6.07) is 0.709. The maximum Gasteiger partial charge on any atom is 0.00384 e. The Kier molecular flexibility index (Phi) is 9.32. The first kappa shape index (κ1) is 13.4. The molecule has 0 saturated heterocycles. The number of hydrogen-bond donors (Lipinski definition) is 0. The van der Waals surface area contributed by atoms with Crippen molar-refractivity contribution < 1.29 is 0 Å². The maximum atomic E-state index is 3.46. The lowest BCUT2D eigenvalue weighted by Crippen LogP contribution is -2.31. The van der Waals surface area contributed by atoms with Crippen molar-refractivity contribution in [2.45, 2.75) is 52.5 Å². The highest BCUT2D eigenvalue weighted by molar-refractivity contribution is 9.09. The van der Waals surface area contributed by atoms with E-state index in [0.717, 1.165) is 5.33 Å². The molecule has 0 fully saturated rings. The summed E-state index contributed by atoms with van der Waals surface area (Å²) in [6.45, 7) is 9.27. The number of halogens is 1. The lowest BCUT2D eigenvalue weighted by atomic mass is 10.2. The van der Waals surface area contributed by atoms with Crippen LogP contribution in [0.25, 0.3) is 0 Å². The van der Waals surface area contributed by atoms with Crippen LogP contribution in [0.15, 0.2) is 0 Å².